The van der Waals surface area contributed by atoms with E-state index in [0.717, 1.165) is 31.7 Å². The number of allylic oxidation sites excluding steroid dienone is 6. The number of aliphatic hydroxyl groups excluding tert-OH is 1. The Hall–Kier alpha value is -2.62. The number of benzene rings is 1. The Morgan fingerprint density at radius 2 is 1.33 bits per heavy atom. The zero-order valence-corrected chi connectivity index (χ0v) is 23.0. The number of rotatable bonds is 15. The van der Waals surface area contributed by atoms with Crippen LogP contribution in [-0.2, 0) is 4.79 Å². The number of aliphatic hydroxyl groups is 1. The van der Waals surface area contributed by atoms with Crippen LogP contribution >= 0.6 is 0 Å². The van der Waals surface area contributed by atoms with Crippen LogP contribution in [0.1, 0.15) is 84.6 Å². The molecule has 4 heteroatoms. The van der Waals surface area contributed by atoms with E-state index in [2.05, 4.69) is 73.6 Å². The van der Waals surface area contributed by atoms with Gasteiger partial charge < -0.3 is 10.0 Å². The molecule has 0 radical (unpaired) electrons. The van der Waals surface area contributed by atoms with Crippen LogP contribution in [0.4, 0.5) is 5.69 Å². The second-order valence-corrected chi connectivity index (χ2v) is 10.3. The van der Waals surface area contributed by atoms with Crippen LogP contribution in [0.15, 0.2) is 54.3 Å². The van der Waals surface area contributed by atoms with Crippen molar-refractivity contribution in [2.75, 3.05) is 31.1 Å². The molecule has 2 aliphatic carbocycles. The summed E-state index contributed by atoms with van der Waals surface area (Å²) in [5.41, 5.74) is 3.73. The van der Waals surface area contributed by atoms with Crippen molar-refractivity contribution in [2.45, 2.75) is 79.1 Å². The molecular formula is C32H47N2O2+. The SMILES string of the molecule is CCCCN(CCCC)c1ccc(C2=C(O)C(C3C=CC(=[N+](CCCC)CCCC)C=C3)C2=O)cc1. The predicted molar refractivity (Wildman–Crippen MR) is 153 cm³/mol. The molecule has 1 atom stereocenters. The van der Waals surface area contributed by atoms with Crippen molar-refractivity contribution in [3.8, 4) is 0 Å². The molecule has 196 valence electrons. The van der Waals surface area contributed by atoms with E-state index >= 15 is 0 Å². The Kier molecular flexibility index (Phi) is 11.0. The van der Waals surface area contributed by atoms with Gasteiger partial charge in [0.1, 0.15) is 18.8 Å². The van der Waals surface area contributed by atoms with Gasteiger partial charge in [0.25, 0.3) is 0 Å². The number of Topliss-reactive ketones (excluding diaryl/α,β-unsaturated/α-hetero) is 1. The molecule has 3 rings (SSSR count). The van der Waals surface area contributed by atoms with Gasteiger partial charge in [-0.15, -0.1) is 0 Å². The van der Waals surface area contributed by atoms with Crippen LogP contribution in [-0.4, -0.2) is 47.4 Å². The third-order valence-electron chi connectivity index (χ3n) is 7.46. The summed E-state index contributed by atoms with van der Waals surface area (Å²) >= 11 is 0. The van der Waals surface area contributed by atoms with E-state index in [4.69, 9.17) is 0 Å². The fourth-order valence-electron chi connectivity index (χ4n) is 5.08. The lowest BCUT2D eigenvalue weighted by molar-refractivity contribution is -0.527. The van der Waals surface area contributed by atoms with Crippen LogP contribution in [0.2, 0.25) is 0 Å². The molecule has 0 aromatic heterocycles. The van der Waals surface area contributed by atoms with E-state index in [0.29, 0.717) is 5.57 Å². The van der Waals surface area contributed by atoms with E-state index in [-0.39, 0.29) is 17.5 Å². The topological polar surface area (TPSA) is 43.5 Å². The third kappa shape index (κ3) is 6.78. The molecule has 0 bridgehead atoms. The maximum absolute atomic E-state index is 13.2. The first-order valence-electron chi connectivity index (χ1n) is 14.4. The standard InChI is InChI=1S/C32H46N2O2/c1-5-9-21-33(22-10-6-2)27-17-13-25(14-18-27)29-31(35)30(32(29)36)26-15-19-28(20-16-26)34(23-11-7-3)24-12-8-4/h13-20,25,29H,5-12,21-24H2,1-4H3/p+1. The zero-order valence-electron chi connectivity index (χ0n) is 23.0. The van der Waals surface area contributed by atoms with Gasteiger partial charge >= 0.3 is 0 Å². The van der Waals surface area contributed by atoms with Crippen LogP contribution in [0.5, 0.6) is 0 Å². The lowest BCUT2D eigenvalue weighted by Gasteiger charge is -2.32. The molecule has 36 heavy (non-hydrogen) atoms. The van der Waals surface area contributed by atoms with E-state index in [1.807, 2.05) is 12.1 Å². The van der Waals surface area contributed by atoms with Gasteiger partial charge in [-0.25, -0.2) is 4.58 Å². The lowest BCUT2D eigenvalue weighted by atomic mass is 9.71. The number of anilines is 1. The highest BCUT2D eigenvalue weighted by Gasteiger charge is 2.44. The highest BCUT2D eigenvalue weighted by molar-refractivity contribution is 6.30. The third-order valence-corrected chi connectivity index (χ3v) is 7.46. The molecular weight excluding hydrogens is 444 g/mol. The van der Waals surface area contributed by atoms with Crippen molar-refractivity contribution >= 4 is 22.8 Å². The second kappa shape index (κ2) is 14.2. The molecule has 1 N–H and O–H groups in total. The molecule has 1 unspecified atom stereocenters. The van der Waals surface area contributed by atoms with Crippen LogP contribution < -0.4 is 4.90 Å². The van der Waals surface area contributed by atoms with Gasteiger partial charge in [0.15, 0.2) is 11.5 Å². The quantitative estimate of drug-likeness (QED) is 0.261. The fraction of sp³-hybridized carbons (Fsp3) is 0.562. The van der Waals surface area contributed by atoms with Crippen LogP contribution in [0.25, 0.3) is 5.57 Å². The first kappa shape index (κ1) is 28.0. The Labute approximate surface area is 219 Å². The largest absolute Gasteiger partial charge is 0.511 e. The van der Waals surface area contributed by atoms with E-state index in [1.165, 1.54) is 62.8 Å². The summed E-state index contributed by atoms with van der Waals surface area (Å²) in [5, 5.41) is 10.9. The zero-order chi connectivity index (χ0) is 25.9. The fourth-order valence-corrected chi connectivity index (χ4v) is 5.08. The maximum Gasteiger partial charge on any atom is 0.199 e. The molecule has 0 amide bonds. The second-order valence-electron chi connectivity index (χ2n) is 10.3. The predicted octanol–water partition coefficient (Wildman–Crippen LogP) is 7.36. The molecule has 0 saturated heterocycles. The summed E-state index contributed by atoms with van der Waals surface area (Å²) in [6, 6.07) is 8.20. The summed E-state index contributed by atoms with van der Waals surface area (Å²) in [4.78, 5) is 15.6. The normalized spacial score (nSPS) is 19.1. The number of carbonyl (C=O) groups is 1. The molecule has 0 fully saturated rings. The Morgan fingerprint density at radius 3 is 1.81 bits per heavy atom. The molecule has 1 aromatic rings. The van der Waals surface area contributed by atoms with Crippen molar-refractivity contribution in [1.29, 1.82) is 0 Å². The number of hydrogen-bond acceptors (Lipinski definition) is 3. The number of carbonyl (C=O) groups excluding carboxylic acids is 1. The number of ketones is 1. The summed E-state index contributed by atoms with van der Waals surface area (Å²) in [7, 11) is 0. The highest BCUT2D eigenvalue weighted by Crippen LogP contribution is 2.42. The van der Waals surface area contributed by atoms with Crippen molar-refractivity contribution < 1.29 is 14.5 Å². The summed E-state index contributed by atoms with van der Waals surface area (Å²) in [6.07, 6.45) is 17.9. The molecule has 2 aliphatic rings. The lowest BCUT2D eigenvalue weighted by Crippen LogP contribution is -2.36. The van der Waals surface area contributed by atoms with E-state index < -0.39 is 5.92 Å². The number of nitrogens with zero attached hydrogens (tertiary/aromatic N) is 2. The molecule has 0 aliphatic heterocycles. The maximum atomic E-state index is 13.2. The monoisotopic (exact) mass is 491 g/mol. The molecule has 0 saturated carbocycles. The van der Waals surface area contributed by atoms with Gasteiger partial charge in [-0.1, -0.05) is 77.7 Å². The van der Waals surface area contributed by atoms with Gasteiger partial charge in [-0.05, 0) is 30.5 Å². The van der Waals surface area contributed by atoms with Gasteiger partial charge in [0, 0.05) is 49.7 Å². The minimum absolute atomic E-state index is 0.0469. The summed E-state index contributed by atoms with van der Waals surface area (Å²) in [6.45, 7) is 13.1. The minimum Gasteiger partial charge on any atom is -0.511 e. The number of hydrogen-bond donors (Lipinski definition) is 1. The molecule has 0 heterocycles. The van der Waals surface area contributed by atoms with Gasteiger partial charge in [-0.3, -0.25) is 4.79 Å². The van der Waals surface area contributed by atoms with Gasteiger partial charge in [0.05, 0.1) is 11.5 Å². The Morgan fingerprint density at radius 1 is 0.806 bits per heavy atom. The van der Waals surface area contributed by atoms with Crippen molar-refractivity contribution in [2.24, 2.45) is 11.8 Å². The van der Waals surface area contributed by atoms with Crippen molar-refractivity contribution in [3.05, 3.63) is 59.9 Å². The minimum atomic E-state index is -0.459. The summed E-state index contributed by atoms with van der Waals surface area (Å²) < 4.78 is 2.45. The average Bonchev–Trinajstić information content (AvgIpc) is 2.90. The first-order valence-corrected chi connectivity index (χ1v) is 14.4. The number of unbranched alkanes of at least 4 members (excludes halogenated alkanes) is 4. The smallest absolute Gasteiger partial charge is 0.199 e. The average molecular weight is 492 g/mol. The molecule has 4 nitrogen and oxygen atoms in total. The van der Waals surface area contributed by atoms with Gasteiger partial charge in [-0.2, -0.15) is 0 Å². The van der Waals surface area contributed by atoms with E-state index in [1.54, 1.807) is 0 Å². The first-order chi connectivity index (χ1) is 17.5. The van der Waals surface area contributed by atoms with Crippen molar-refractivity contribution in [1.82, 2.24) is 0 Å². The van der Waals surface area contributed by atoms with Gasteiger partial charge in [0.2, 0.25) is 0 Å². The molecule has 0 spiro atoms. The van der Waals surface area contributed by atoms with Crippen LogP contribution in [0, 0.1) is 11.8 Å². The Balaban J connectivity index is 1.72. The van der Waals surface area contributed by atoms with Crippen LogP contribution in [0.3, 0.4) is 0 Å². The summed E-state index contributed by atoms with van der Waals surface area (Å²) in [5.74, 6) is -0.259. The highest BCUT2D eigenvalue weighted by atomic mass is 16.3. The molecule has 1 aromatic carbocycles. The van der Waals surface area contributed by atoms with Crippen molar-refractivity contribution in [3.63, 3.8) is 0 Å². The van der Waals surface area contributed by atoms with E-state index in [9.17, 15) is 9.90 Å². The Bertz CT molecular complexity index is 950.